The molecular weight excluding hydrogens is 278 g/mol. The lowest BCUT2D eigenvalue weighted by molar-refractivity contribution is 0.166. The Morgan fingerprint density at radius 2 is 1.85 bits per heavy atom. The second-order valence-corrected chi connectivity index (χ2v) is 5.62. The van der Waals surface area contributed by atoms with Crippen LogP contribution in [-0.4, -0.2) is 21.1 Å². The summed E-state index contributed by atoms with van der Waals surface area (Å²) < 4.78 is 31.0. The topological polar surface area (TPSA) is 72.5 Å². The number of aryl methyl sites for hydroxylation is 2. The molecule has 0 fully saturated rings. The smallest absolute Gasteiger partial charge is 0.422 e. The summed E-state index contributed by atoms with van der Waals surface area (Å²) in [6, 6.07) is 5.24. The Bertz CT molecular complexity index is 607. The van der Waals surface area contributed by atoms with Crippen molar-refractivity contribution in [1.82, 2.24) is 4.72 Å². The molecule has 108 valence electrons. The van der Waals surface area contributed by atoms with Gasteiger partial charge in [-0.05, 0) is 24.0 Å². The Morgan fingerprint density at radius 3 is 2.30 bits per heavy atom. The van der Waals surface area contributed by atoms with Crippen molar-refractivity contribution in [1.29, 1.82) is 0 Å². The lowest BCUT2D eigenvalue weighted by Crippen LogP contribution is -2.32. The number of ether oxygens (including phenoxy) is 1. The molecule has 0 unspecified atom stereocenters. The van der Waals surface area contributed by atoms with Gasteiger partial charge < -0.3 is 4.74 Å². The molecule has 0 spiro atoms. The molecule has 0 aliphatic heterocycles. The minimum atomic E-state index is -3.97. The minimum absolute atomic E-state index is 0.141. The van der Waals surface area contributed by atoms with E-state index >= 15 is 0 Å². The van der Waals surface area contributed by atoms with E-state index in [4.69, 9.17) is 6.42 Å². The van der Waals surface area contributed by atoms with Gasteiger partial charge in [0.1, 0.15) is 0 Å². The molecule has 6 heteroatoms. The highest BCUT2D eigenvalue weighted by molar-refractivity contribution is 7.90. The van der Waals surface area contributed by atoms with Crippen molar-refractivity contribution in [2.75, 3.05) is 6.61 Å². The molecule has 0 aromatic heterocycles. The van der Waals surface area contributed by atoms with E-state index in [0.717, 1.165) is 0 Å². The summed E-state index contributed by atoms with van der Waals surface area (Å²) in [6.45, 7) is 3.42. The maximum absolute atomic E-state index is 12.3. The number of sulfonamides is 1. The first kappa shape index (κ1) is 16.1. The van der Waals surface area contributed by atoms with Crippen LogP contribution in [0.5, 0.6) is 0 Å². The molecule has 1 N–H and O–H groups in total. The van der Waals surface area contributed by atoms with Crippen molar-refractivity contribution in [3.8, 4) is 12.3 Å². The second-order valence-electron chi connectivity index (χ2n) is 4.00. The fourth-order valence-corrected chi connectivity index (χ4v) is 3.33. The molecule has 0 saturated carbocycles. The van der Waals surface area contributed by atoms with E-state index in [9.17, 15) is 13.2 Å². The van der Waals surface area contributed by atoms with Crippen molar-refractivity contribution >= 4 is 16.1 Å². The molecule has 0 radical (unpaired) electrons. The molecule has 0 heterocycles. The average Bonchev–Trinajstić information content (AvgIpc) is 2.43. The van der Waals surface area contributed by atoms with E-state index in [0.29, 0.717) is 24.0 Å². The Morgan fingerprint density at radius 1 is 1.30 bits per heavy atom. The zero-order chi connectivity index (χ0) is 15.2. The minimum Gasteiger partial charge on any atom is -0.436 e. The summed E-state index contributed by atoms with van der Waals surface area (Å²) in [7, 11) is -3.97. The lowest BCUT2D eigenvalue weighted by atomic mass is 10.1. The van der Waals surface area contributed by atoms with Gasteiger partial charge in [0.25, 0.3) is 10.0 Å². The predicted molar refractivity (Wildman–Crippen MR) is 75.7 cm³/mol. The Hall–Kier alpha value is -2.00. The number of carbonyl (C=O) groups excluding carboxylic acids is 1. The third kappa shape index (κ3) is 3.75. The molecule has 5 nitrogen and oxygen atoms in total. The van der Waals surface area contributed by atoms with Gasteiger partial charge in [-0.2, -0.15) is 0 Å². The standard InChI is InChI=1S/C14H17NO4S/c1-4-10-19-14(16)15-20(17,18)13-11(5-2)8-7-9-12(13)6-3/h1,7-9H,5-6,10H2,2-3H3,(H,15,16). The first-order valence-corrected chi connectivity index (χ1v) is 7.68. The molecule has 1 amide bonds. The quantitative estimate of drug-likeness (QED) is 0.842. The Balaban J connectivity index is 3.15. The summed E-state index contributed by atoms with van der Waals surface area (Å²) in [5.74, 6) is 2.09. The van der Waals surface area contributed by atoms with E-state index in [1.165, 1.54) is 0 Å². The second kappa shape index (κ2) is 6.96. The Labute approximate surface area is 119 Å². The van der Waals surface area contributed by atoms with E-state index in [1.54, 1.807) is 18.2 Å². The van der Waals surface area contributed by atoms with Gasteiger partial charge in [0.05, 0.1) is 4.90 Å². The van der Waals surface area contributed by atoms with E-state index in [-0.39, 0.29) is 11.5 Å². The van der Waals surface area contributed by atoms with Crippen molar-refractivity contribution < 1.29 is 17.9 Å². The molecule has 0 bridgehead atoms. The molecule has 20 heavy (non-hydrogen) atoms. The first-order chi connectivity index (χ1) is 9.46. The predicted octanol–water partition coefficient (Wildman–Crippen LogP) is 1.86. The van der Waals surface area contributed by atoms with Gasteiger partial charge in [-0.15, -0.1) is 6.42 Å². The summed E-state index contributed by atoms with van der Waals surface area (Å²) >= 11 is 0. The van der Waals surface area contributed by atoms with Gasteiger partial charge in [0, 0.05) is 0 Å². The van der Waals surface area contributed by atoms with Crippen molar-refractivity contribution in [3.05, 3.63) is 29.3 Å². The lowest BCUT2D eigenvalue weighted by Gasteiger charge is -2.14. The van der Waals surface area contributed by atoms with E-state index in [1.807, 2.05) is 18.6 Å². The number of amides is 1. The fraction of sp³-hybridized carbons (Fsp3) is 0.357. The van der Waals surface area contributed by atoms with Crippen LogP contribution in [0, 0.1) is 12.3 Å². The van der Waals surface area contributed by atoms with Gasteiger partial charge in [0.2, 0.25) is 0 Å². The van der Waals surface area contributed by atoms with Crippen LogP contribution in [0.3, 0.4) is 0 Å². The molecule has 1 rings (SSSR count). The number of hydrogen-bond donors (Lipinski definition) is 1. The maximum Gasteiger partial charge on any atom is 0.422 e. The molecule has 1 aromatic carbocycles. The van der Waals surface area contributed by atoms with Gasteiger partial charge in [-0.1, -0.05) is 38.0 Å². The van der Waals surface area contributed by atoms with Gasteiger partial charge in [0.15, 0.2) is 6.61 Å². The van der Waals surface area contributed by atoms with Crippen molar-refractivity contribution in [2.24, 2.45) is 0 Å². The third-order valence-electron chi connectivity index (χ3n) is 2.71. The van der Waals surface area contributed by atoms with Gasteiger partial charge in [-0.3, -0.25) is 0 Å². The van der Waals surface area contributed by atoms with E-state index < -0.39 is 16.1 Å². The highest BCUT2D eigenvalue weighted by atomic mass is 32.2. The summed E-state index contributed by atoms with van der Waals surface area (Å²) in [5.41, 5.74) is 1.31. The summed E-state index contributed by atoms with van der Waals surface area (Å²) in [4.78, 5) is 11.5. The van der Waals surface area contributed by atoms with Crippen molar-refractivity contribution in [3.63, 3.8) is 0 Å². The average molecular weight is 295 g/mol. The van der Waals surface area contributed by atoms with Crippen LogP contribution in [-0.2, 0) is 27.6 Å². The van der Waals surface area contributed by atoms with Crippen LogP contribution < -0.4 is 4.72 Å². The zero-order valence-corrected chi connectivity index (χ0v) is 12.3. The van der Waals surface area contributed by atoms with Crippen LogP contribution in [0.25, 0.3) is 0 Å². The molecule has 0 atom stereocenters. The third-order valence-corrected chi connectivity index (χ3v) is 4.21. The van der Waals surface area contributed by atoms with Crippen LogP contribution in [0.2, 0.25) is 0 Å². The van der Waals surface area contributed by atoms with Crippen LogP contribution in [0.4, 0.5) is 4.79 Å². The highest BCUT2D eigenvalue weighted by Crippen LogP contribution is 2.22. The molecule has 0 aliphatic carbocycles. The summed E-state index contributed by atoms with van der Waals surface area (Å²) in [6.07, 6.45) is 4.96. The van der Waals surface area contributed by atoms with Gasteiger partial charge >= 0.3 is 6.09 Å². The van der Waals surface area contributed by atoms with Crippen LogP contribution >= 0.6 is 0 Å². The first-order valence-electron chi connectivity index (χ1n) is 6.20. The SMILES string of the molecule is C#CCOC(=O)NS(=O)(=O)c1c(CC)cccc1CC. The molecular formula is C14H17NO4S. The molecule has 0 saturated heterocycles. The number of nitrogens with one attached hydrogen (secondary N) is 1. The normalized spacial score (nSPS) is 10.7. The van der Waals surface area contributed by atoms with Gasteiger partial charge in [-0.25, -0.2) is 17.9 Å². The summed E-state index contributed by atoms with van der Waals surface area (Å²) in [5, 5.41) is 0. The number of terminal acetylenes is 1. The number of carbonyl (C=O) groups is 1. The number of rotatable bonds is 5. The van der Waals surface area contributed by atoms with Crippen molar-refractivity contribution in [2.45, 2.75) is 31.6 Å². The highest BCUT2D eigenvalue weighted by Gasteiger charge is 2.24. The van der Waals surface area contributed by atoms with Crippen LogP contribution in [0.15, 0.2) is 23.1 Å². The number of benzene rings is 1. The zero-order valence-electron chi connectivity index (χ0n) is 11.5. The largest absolute Gasteiger partial charge is 0.436 e. The monoisotopic (exact) mass is 295 g/mol. The fourth-order valence-electron chi connectivity index (χ4n) is 1.84. The number of hydrogen-bond acceptors (Lipinski definition) is 4. The maximum atomic E-state index is 12.3. The Kier molecular flexibility index (Phi) is 5.59. The molecule has 1 aromatic rings. The molecule has 0 aliphatic rings. The van der Waals surface area contributed by atoms with Crippen LogP contribution in [0.1, 0.15) is 25.0 Å². The van der Waals surface area contributed by atoms with E-state index in [2.05, 4.69) is 10.7 Å².